The van der Waals surface area contributed by atoms with Crippen molar-refractivity contribution in [2.24, 2.45) is 0 Å². The van der Waals surface area contributed by atoms with Crippen LogP contribution in [0.5, 0.6) is 0 Å². The van der Waals surface area contributed by atoms with Crippen LogP contribution in [0.1, 0.15) is 110 Å². The fourth-order valence-electron chi connectivity index (χ4n) is 3.03. The van der Waals surface area contributed by atoms with Gasteiger partial charge in [-0.2, -0.15) is 0 Å². The first-order valence-electron chi connectivity index (χ1n) is 10.1. The summed E-state index contributed by atoms with van der Waals surface area (Å²) in [7, 11) is 0.0467. The number of unbranched alkanes of at least 4 members (excludes halogenated alkanes) is 15. The molecule has 0 aliphatic carbocycles. The van der Waals surface area contributed by atoms with E-state index < -0.39 is 0 Å². The van der Waals surface area contributed by atoms with Crippen molar-refractivity contribution in [3.63, 3.8) is 0 Å². The van der Waals surface area contributed by atoms with Crippen LogP contribution in [-0.4, -0.2) is 19.5 Å². The monoisotopic (exact) mass is 394 g/mol. The summed E-state index contributed by atoms with van der Waals surface area (Å²) < 4.78 is 0. The third-order valence-corrected chi connectivity index (χ3v) is 5.88. The third kappa shape index (κ3) is 23.2. The molecule has 0 aliphatic rings. The Balaban J connectivity index is 0. The van der Waals surface area contributed by atoms with E-state index in [1.165, 1.54) is 109 Å². The van der Waals surface area contributed by atoms with Gasteiger partial charge in [0, 0.05) is 13.3 Å². The SMILES string of the molecule is CCCCCCCCCCCCCCCCCC[PH+](C)C.[Br-]. The van der Waals surface area contributed by atoms with Crippen molar-refractivity contribution in [2.75, 3.05) is 19.5 Å². The molecule has 0 aromatic heterocycles. The zero-order valence-electron chi connectivity index (χ0n) is 15.9. The predicted molar refractivity (Wildman–Crippen MR) is 105 cm³/mol. The molecular formula is C20H44BrP. The van der Waals surface area contributed by atoms with Crippen LogP contribution in [0.15, 0.2) is 0 Å². The van der Waals surface area contributed by atoms with Crippen LogP contribution >= 0.6 is 7.92 Å². The van der Waals surface area contributed by atoms with Crippen LogP contribution in [0.25, 0.3) is 0 Å². The lowest BCUT2D eigenvalue weighted by Gasteiger charge is -2.03. The van der Waals surface area contributed by atoms with E-state index in [4.69, 9.17) is 0 Å². The van der Waals surface area contributed by atoms with Crippen LogP contribution in [0.4, 0.5) is 0 Å². The highest BCUT2D eigenvalue weighted by atomic mass is 79.9. The van der Waals surface area contributed by atoms with Gasteiger partial charge in [-0.25, -0.2) is 0 Å². The van der Waals surface area contributed by atoms with Gasteiger partial charge in [0.15, 0.2) is 0 Å². The fraction of sp³-hybridized carbons (Fsp3) is 1.00. The van der Waals surface area contributed by atoms with Crippen molar-refractivity contribution in [1.29, 1.82) is 0 Å². The van der Waals surface area contributed by atoms with Crippen molar-refractivity contribution in [3.8, 4) is 0 Å². The Morgan fingerprint density at radius 1 is 0.455 bits per heavy atom. The Morgan fingerprint density at radius 2 is 0.727 bits per heavy atom. The molecule has 0 aliphatic heterocycles. The summed E-state index contributed by atoms with van der Waals surface area (Å²) in [5, 5.41) is 0. The van der Waals surface area contributed by atoms with Crippen LogP contribution < -0.4 is 17.0 Å². The summed E-state index contributed by atoms with van der Waals surface area (Å²) in [6.07, 6.45) is 25.2. The smallest absolute Gasteiger partial charge is 0.0566 e. The zero-order valence-corrected chi connectivity index (χ0v) is 18.5. The quantitative estimate of drug-likeness (QED) is 0.247. The standard InChI is InChI=1S/C20H43P.BrH/c1-4-5-6-7-8-9-10-11-12-13-14-15-16-17-18-19-20-21(2)3;/h4-20H2,1-3H3;1H. The molecule has 0 N–H and O–H groups in total. The number of halogens is 1. The second kappa shape index (κ2) is 21.9. The van der Waals surface area contributed by atoms with Crippen molar-refractivity contribution < 1.29 is 17.0 Å². The molecule has 0 rings (SSSR count). The highest BCUT2D eigenvalue weighted by Gasteiger charge is 1.99. The van der Waals surface area contributed by atoms with E-state index in [0.29, 0.717) is 0 Å². The van der Waals surface area contributed by atoms with Crippen LogP contribution in [-0.2, 0) is 0 Å². The highest BCUT2D eigenvalue weighted by molar-refractivity contribution is 7.55. The van der Waals surface area contributed by atoms with Gasteiger partial charge in [0.2, 0.25) is 0 Å². The van der Waals surface area contributed by atoms with Crippen LogP contribution in [0.3, 0.4) is 0 Å². The van der Waals surface area contributed by atoms with Crippen molar-refractivity contribution in [1.82, 2.24) is 0 Å². The molecule has 0 spiro atoms. The first-order valence-corrected chi connectivity index (χ1v) is 12.8. The Hall–Kier alpha value is 0.910. The first-order chi connectivity index (χ1) is 10.3. The molecule has 0 radical (unpaired) electrons. The molecule has 0 aromatic rings. The second-order valence-corrected chi connectivity index (χ2v) is 10.2. The molecule has 0 nitrogen and oxygen atoms in total. The Morgan fingerprint density at radius 3 is 1.00 bits per heavy atom. The molecule has 0 fully saturated rings. The van der Waals surface area contributed by atoms with Crippen molar-refractivity contribution >= 4 is 7.92 Å². The van der Waals surface area contributed by atoms with Gasteiger partial charge in [0.05, 0.1) is 6.16 Å². The highest BCUT2D eigenvalue weighted by Crippen LogP contribution is 2.26. The van der Waals surface area contributed by atoms with E-state index in [2.05, 4.69) is 20.3 Å². The van der Waals surface area contributed by atoms with Crippen LogP contribution in [0, 0.1) is 0 Å². The summed E-state index contributed by atoms with van der Waals surface area (Å²) in [4.78, 5) is 0. The lowest BCUT2D eigenvalue weighted by molar-refractivity contribution is -0.00000483. The number of rotatable bonds is 17. The molecule has 2 heteroatoms. The average Bonchev–Trinajstić information content (AvgIpc) is 2.46. The topological polar surface area (TPSA) is 0 Å². The minimum atomic E-state index is 0. The zero-order chi connectivity index (χ0) is 15.6. The van der Waals surface area contributed by atoms with E-state index in [1.807, 2.05) is 0 Å². The molecule has 0 bridgehead atoms. The van der Waals surface area contributed by atoms with Crippen LogP contribution in [0.2, 0.25) is 0 Å². The summed E-state index contributed by atoms with van der Waals surface area (Å²) in [5.41, 5.74) is 0. The fourth-order valence-corrected chi connectivity index (χ4v) is 3.98. The van der Waals surface area contributed by atoms with Gasteiger partial charge < -0.3 is 17.0 Å². The van der Waals surface area contributed by atoms with E-state index in [1.54, 1.807) is 0 Å². The Labute approximate surface area is 154 Å². The average molecular weight is 395 g/mol. The maximum Gasteiger partial charge on any atom is 0.0566 e. The van der Waals surface area contributed by atoms with E-state index in [0.717, 1.165) is 0 Å². The third-order valence-electron chi connectivity index (χ3n) is 4.53. The van der Waals surface area contributed by atoms with Gasteiger partial charge >= 0.3 is 0 Å². The van der Waals surface area contributed by atoms with Crippen molar-refractivity contribution in [3.05, 3.63) is 0 Å². The van der Waals surface area contributed by atoms with Gasteiger partial charge in [-0.15, -0.1) is 0 Å². The molecule has 22 heavy (non-hydrogen) atoms. The molecule has 0 unspecified atom stereocenters. The minimum Gasteiger partial charge on any atom is -1.00 e. The summed E-state index contributed by atoms with van der Waals surface area (Å²) in [5.74, 6) is 0. The normalized spacial score (nSPS) is 10.9. The minimum absolute atomic E-state index is 0. The first kappa shape index (κ1) is 25.2. The molecule has 0 heterocycles. The van der Waals surface area contributed by atoms with Crippen molar-refractivity contribution in [2.45, 2.75) is 110 Å². The number of hydrogen-bond donors (Lipinski definition) is 0. The lowest BCUT2D eigenvalue weighted by Crippen LogP contribution is -3.00. The van der Waals surface area contributed by atoms with E-state index >= 15 is 0 Å². The largest absolute Gasteiger partial charge is 1.00 e. The molecule has 0 saturated carbocycles. The summed E-state index contributed by atoms with van der Waals surface area (Å²) in [6.45, 7) is 7.18. The number of hydrogen-bond acceptors (Lipinski definition) is 0. The molecule has 136 valence electrons. The predicted octanol–water partition coefficient (Wildman–Crippen LogP) is 4.73. The maximum absolute atomic E-state index is 2.44. The van der Waals surface area contributed by atoms with Gasteiger partial charge in [0.1, 0.15) is 0 Å². The molecular weight excluding hydrogens is 351 g/mol. The molecule has 0 saturated heterocycles. The molecule has 0 atom stereocenters. The summed E-state index contributed by atoms with van der Waals surface area (Å²) >= 11 is 0. The van der Waals surface area contributed by atoms with Gasteiger partial charge in [0.25, 0.3) is 0 Å². The molecule has 0 amide bonds. The Kier molecular flexibility index (Phi) is 25.1. The van der Waals surface area contributed by atoms with Gasteiger partial charge in [-0.05, 0) is 20.8 Å². The van der Waals surface area contributed by atoms with E-state index in [9.17, 15) is 0 Å². The maximum atomic E-state index is 2.44. The summed E-state index contributed by atoms with van der Waals surface area (Å²) in [6, 6.07) is 0. The Bertz CT molecular complexity index is 183. The van der Waals surface area contributed by atoms with Gasteiger partial charge in [-0.3, -0.25) is 0 Å². The van der Waals surface area contributed by atoms with Gasteiger partial charge in [-0.1, -0.05) is 96.8 Å². The molecule has 0 aromatic carbocycles. The van der Waals surface area contributed by atoms with E-state index in [-0.39, 0.29) is 24.9 Å². The lowest BCUT2D eigenvalue weighted by atomic mass is 10.0. The second-order valence-electron chi connectivity index (χ2n) is 7.26.